The van der Waals surface area contributed by atoms with Crippen LogP contribution in [-0.2, 0) is 12.0 Å². The molecule has 0 N–H and O–H groups in total. The lowest BCUT2D eigenvalue weighted by Crippen LogP contribution is -2.61. The highest BCUT2D eigenvalue weighted by Crippen LogP contribution is 2.53. The molecule has 0 bridgehead atoms. The van der Waals surface area contributed by atoms with E-state index in [0.29, 0.717) is 11.9 Å². The lowest BCUT2D eigenvalue weighted by Gasteiger charge is -2.55. The Morgan fingerprint density at radius 3 is 2.66 bits per heavy atom. The molecule has 0 unspecified atom stereocenters. The van der Waals surface area contributed by atoms with Crippen LogP contribution in [0.3, 0.4) is 0 Å². The molecule has 1 aromatic heterocycles. The molecule has 3 aliphatic rings. The Hall–Kier alpha value is -2.24. The summed E-state index contributed by atoms with van der Waals surface area (Å²) in [5.41, 5.74) is 0.0921. The van der Waals surface area contributed by atoms with Crippen LogP contribution >= 0.6 is 0 Å². The average Bonchev–Trinajstić information content (AvgIpc) is 3.20. The van der Waals surface area contributed by atoms with Crippen LogP contribution in [0, 0.1) is 11.7 Å². The molecule has 2 fully saturated rings. The summed E-state index contributed by atoms with van der Waals surface area (Å²) in [5.74, 6) is 1.04. The van der Waals surface area contributed by atoms with Crippen LogP contribution in [0.5, 0.6) is 0 Å². The van der Waals surface area contributed by atoms with Crippen molar-refractivity contribution in [1.29, 1.82) is 0 Å². The first kappa shape index (κ1) is 18.8. The number of anilines is 1. The summed E-state index contributed by atoms with van der Waals surface area (Å²) in [7, 11) is 0. The smallest absolute Gasteiger partial charge is 0.263 e. The van der Waals surface area contributed by atoms with Gasteiger partial charge in [0.05, 0.1) is 11.1 Å². The summed E-state index contributed by atoms with van der Waals surface area (Å²) in [5, 5.41) is 4.90. The van der Waals surface area contributed by atoms with Gasteiger partial charge in [0.25, 0.3) is 5.91 Å². The van der Waals surface area contributed by atoms with Gasteiger partial charge in [-0.1, -0.05) is 51.2 Å². The van der Waals surface area contributed by atoms with Crippen molar-refractivity contribution in [2.45, 2.75) is 82.7 Å². The summed E-state index contributed by atoms with van der Waals surface area (Å²) in [4.78, 5) is 20.2. The number of hydrogen-bond donors (Lipinski definition) is 0. The molecule has 0 saturated heterocycles. The van der Waals surface area contributed by atoms with E-state index < -0.39 is 5.82 Å². The van der Waals surface area contributed by atoms with Gasteiger partial charge in [-0.3, -0.25) is 9.69 Å². The number of carbonyl (C=O) groups is 1. The second-order valence-corrected chi connectivity index (χ2v) is 8.87. The number of fused-ring (bicyclic) bond motifs is 4. The zero-order valence-corrected chi connectivity index (χ0v) is 17.1. The first-order valence-electron chi connectivity index (χ1n) is 11.2. The van der Waals surface area contributed by atoms with Gasteiger partial charge in [0.15, 0.2) is 5.82 Å². The molecule has 29 heavy (non-hydrogen) atoms. The number of halogens is 1. The van der Waals surface area contributed by atoms with Crippen LogP contribution in [-0.4, -0.2) is 26.7 Å². The maximum Gasteiger partial charge on any atom is 0.263 e. The minimum Gasteiger partial charge on any atom is -0.273 e. The monoisotopic (exact) mass is 396 g/mol. The van der Waals surface area contributed by atoms with Gasteiger partial charge in [0.1, 0.15) is 5.82 Å². The van der Waals surface area contributed by atoms with Crippen molar-refractivity contribution in [1.82, 2.24) is 14.8 Å². The molecule has 1 amide bonds. The first-order chi connectivity index (χ1) is 14.2. The second-order valence-electron chi connectivity index (χ2n) is 8.87. The van der Waals surface area contributed by atoms with Crippen molar-refractivity contribution in [2.24, 2.45) is 5.92 Å². The Bertz CT molecular complexity index is 917. The van der Waals surface area contributed by atoms with Crippen LogP contribution in [0.25, 0.3) is 0 Å². The number of aryl methyl sites for hydroxylation is 1. The van der Waals surface area contributed by atoms with Gasteiger partial charge in [0.2, 0.25) is 5.95 Å². The van der Waals surface area contributed by atoms with Crippen molar-refractivity contribution < 1.29 is 9.18 Å². The molecule has 2 heterocycles. The van der Waals surface area contributed by atoms with E-state index in [-0.39, 0.29) is 23.1 Å². The van der Waals surface area contributed by atoms with Crippen LogP contribution in [0.15, 0.2) is 24.3 Å². The molecule has 6 heteroatoms. The fourth-order valence-corrected chi connectivity index (χ4v) is 6.05. The van der Waals surface area contributed by atoms with Crippen LogP contribution in [0.2, 0.25) is 0 Å². The highest BCUT2D eigenvalue weighted by atomic mass is 19.1. The van der Waals surface area contributed by atoms with E-state index in [1.165, 1.54) is 31.7 Å². The molecule has 0 radical (unpaired) electrons. The van der Waals surface area contributed by atoms with Gasteiger partial charge in [0, 0.05) is 18.4 Å². The zero-order valence-electron chi connectivity index (χ0n) is 17.1. The van der Waals surface area contributed by atoms with Crippen molar-refractivity contribution in [3.05, 3.63) is 41.5 Å². The van der Waals surface area contributed by atoms with Crippen molar-refractivity contribution >= 4 is 11.9 Å². The van der Waals surface area contributed by atoms with E-state index in [1.807, 2.05) is 6.92 Å². The molecular weight excluding hydrogens is 367 g/mol. The highest BCUT2D eigenvalue weighted by molar-refractivity contribution is 6.06. The molecular formula is C23H29FN4O. The van der Waals surface area contributed by atoms with Crippen LogP contribution in [0.4, 0.5) is 10.3 Å². The van der Waals surface area contributed by atoms with Gasteiger partial charge >= 0.3 is 0 Å². The van der Waals surface area contributed by atoms with E-state index in [4.69, 9.17) is 10.1 Å². The van der Waals surface area contributed by atoms with Gasteiger partial charge in [-0.15, -0.1) is 0 Å². The van der Waals surface area contributed by atoms with Crippen molar-refractivity contribution in [2.75, 3.05) is 4.90 Å². The van der Waals surface area contributed by atoms with E-state index in [1.54, 1.807) is 23.1 Å². The van der Waals surface area contributed by atoms with E-state index in [9.17, 15) is 9.18 Å². The molecule has 2 saturated carbocycles. The first-order valence-corrected chi connectivity index (χ1v) is 11.2. The lowest BCUT2D eigenvalue weighted by molar-refractivity contribution is 0.0310. The second kappa shape index (κ2) is 7.22. The summed E-state index contributed by atoms with van der Waals surface area (Å²) in [6, 6.07) is 6.38. The predicted molar refractivity (Wildman–Crippen MR) is 109 cm³/mol. The molecule has 5 rings (SSSR count). The van der Waals surface area contributed by atoms with E-state index in [2.05, 4.69) is 4.68 Å². The van der Waals surface area contributed by atoms with Crippen molar-refractivity contribution in [3.8, 4) is 0 Å². The SMILES string of the molecule is CCc1nc2n(n1)C1(CCCCC1)[C@@H]1CCCC[C@@H]1N2C(=O)c1ccccc1F. The lowest BCUT2D eigenvalue weighted by atomic mass is 9.64. The number of carbonyl (C=O) groups excluding carboxylic acids is 1. The summed E-state index contributed by atoms with van der Waals surface area (Å²) < 4.78 is 16.6. The quantitative estimate of drug-likeness (QED) is 0.728. The Balaban J connectivity index is 1.68. The number of hydrogen-bond acceptors (Lipinski definition) is 3. The van der Waals surface area contributed by atoms with Crippen molar-refractivity contribution in [3.63, 3.8) is 0 Å². The standard InChI is InChI=1S/C23H29FN4O/c1-2-20-25-22-27(21(29)16-10-4-6-12-18(16)24)19-13-7-5-11-17(19)23(28(22)26-20)14-8-3-9-15-23/h4,6,10,12,17,19H,2-3,5,7-9,11,13-15H2,1H3/t17-,19+/m1/s1. The Morgan fingerprint density at radius 1 is 1.14 bits per heavy atom. The van der Waals surface area contributed by atoms with Gasteiger partial charge in [-0.05, 0) is 37.8 Å². The van der Waals surface area contributed by atoms with Gasteiger partial charge < -0.3 is 0 Å². The molecule has 1 spiro atoms. The molecule has 1 aromatic carbocycles. The number of rotatable bonds is 2. The molecule has 2 atom stereocenters. The molecule has 1 aliphatic heterocycles. The molecule has 2 aromatic rings. The minimum absolute atomic E-state index is 0.0366. The topological polar surface area (TPSA) is 51.0 Å². The Kier molecular flexibility index (Phi) is 4.67. The number of aromatic nitrogens is 3. The number of nitrogens with zero attached hydrogens (tertiary/aromatic N) is 4. The fraction of sp³-hybridized carbons (Fsp3) is 0.609. The number of benzene rings is 1. The fourth-order valence-electron chi connectivity index (χ4n) is 6.05. The third kappa shape index (κ3) is 2.82. The Labute approximate surface area is 171 Å². The molecule has 2 aliphatic carbocycles. The van der Waals surface area contributed by atoms with Gasteiger partial charge in [-0.25, -0.2) is 9.07 Å². The zero-order chi connectivity index (χ0) is 20.0. The van der Waals surface area contributed by atoms with E-state index in [0.717, 1.165) is 44.3 Å². The maximum atomic E-state index is 14.5. The average molecular weight is 397 g/mol. The normalized spacial score (nSPS) is 25.5. The largest absolute Gasteiger partial charge is 0.273 e. The summed E-state index contributed by atoms with van der Waals surface area (Å²) >= 11 is 0. The predicted octanol–water partition coefficient (Wildman–Crippen LogP) is 4.86. The van der Waals surface area contributed by atoms with Crippen LogP contribution in [0.1, 0.15) is 80.9 Å². The third-order valence-electron chi connectivity index (χ3n) is 7.38. The van der Waals surface area contributed by atoms with E-state index >= 15 is 0 Å². The third-order valence-corrected chi connectivity index (χ3v) is 7.38. The van der Waals surface area contributed by atoms with Gasteiger partial charge in [-0.2, -0.15) is 10.1 Å². The highest BCUT2D eigenvalue weighted by Gasteiger charge is 2.55. The summed E-state index contributed by atoms with van der Waals surface area (Å²) in [6.45, 7) is 2.05. The van der Waals surface area contributed by atoms with Crippen LogP contribution < -0.4 is 4.90 Å². The Morgan fingerprint density at radius 2 is 1.90 bits per heavy atom. The maximum absolute atomic E-state index is 14.5. The number of amides is 1. The minimum atomic E-state index is -0.468. The molecule has 5 nitrogen and oxygen atoms in total. The summed E-state index contributed by atoms with van der Waals surface area (Å²) in [6.07, 6.45) is 11.0. The molecule has 154 valence electrons.